The minimum Gasteiger partial charge on any atom is -0.477 e. The van der Waals surface area contributed by atoms with Crippen LogP contribution in [-0.2, 0) is 14.1 Å². The smallest absolute Gasteiger partial charge is 0.222 e. The Morgan fingerprint density at radius 1 is 1.14 bits per heavy atom. The van der Waals surface area contributed by atoms with Gasteiger partial charge in [-0.2, -0.15) is 10.2 Å². The number of anilines is 2. The molecule has 0 unspecified atom stereocenters. The maximum atomic E-state index is 6.14. The molecule has 0 aliphatic heterocycles. The lowest BCUT2D eigenvalue weighted by atomic mass is 10.2. The number of rotatable bonds is 7. The van der Waals surface area contributed by atoms with Crippen LogP contribution in [0.4, 0.5) is 11.5 Å². The van der Waals surface area contributed by atoms with Crippen LogP contribution in [0.2, 0.25) is 5.15 Å². The Balaban J connectivity index is 1.41. The summed E-state index contributed by atoms with van der Waals surface area (Å²) < 4.78 is 9.43. The van der Waals surface area contributed by atoms with Gasteiger partial charge in [0.05, 0.1) is 35.8 Å². The van der Waals surface area contributed by atoms with E-state index in [-0.39, 0.29) is 6.04 Å². The van der Waals surface area contributed by atoms with Crippen LogP contribution in [-0.4, -0.2) is 47.2 Å². The highest BCUT2D eigenvalue weighted by Gasteiger charge is 2.16. The van der Waals surface area contributed by atoms with Gasteiger partial charge < -0.3 is 15.8 Å². The second kappa shape index (κ2) is 10.4. The van der Waals surface area contributed by atoms with Gasteiger partial charge in [-0.1, -0.05) is 23.4 Å². The van der Waals surface area contributed by atoms with Crippen molar-refractivity contribution >= 4 is 23.1 Å². The molecule has 11 heteroatoms. The summed E-state index contributed by atoms with van der Waals surface area (Å²) in [6.07, 6.45) is 9.30. The van der Waals surface area contributed by atoms with Gasteiger partial charge in [-0.25, -0.2) is 19.6 Å². The summed E-state index contributed by atoms with van der Waals surface area (Å²) in [5.74, 6) is 7.73. The van der Waals surface area contributed by atoms with E-state index in [9.17, 15) is 0 Å². The molecule has 0 radical (unpaired) electrons. The van der Waals surface area contributed by atoms with E-state index in [1.165, 1.54) is 0 Å². The summed E-state index contributed by atoms with van der Waals surface area (Å²) in [6.45, 7) is 4.36. The number of hydrogen-bond donors (Lipinski definition) is 2. The number of nitrogens with two attached hydrogens (primary N) is 1. The van der Waals surface area contributed by atoms with Crippen LogP contribution >= 0.6 is 11.6 Å². The topological polar surface area (TPSA) is 122 Å². The van der Waals surface area contributed by atoms with Crippen molar-refractivity contribution < 1.29 is 4.74 Å². The van der Waals surface area contributed by atoms with Crippen molar-refractivity contribution in [3.63, 3.8) is 0 Å². The third-order valence-electron chi connectivity index (χ3n) is 5.24. The van der Waals surface area contributed by atoms with E-state index in [1.54, 1.807) is 40.2 Å². The van der Waals surface area contributed by atoms with Gasteiger partial charge in [0.2, 0.25) is 5.88 Å². The van der Waals surface area contributed by atoms with Crippen molar-refractivity contribution in [1.29, 1.82) is 0 Å². The SMILES string of the molecule is Cc1cnc(-c2cnn(C)c2OCC[C@H](C)Nc2cc(Cl)ncc2C#Cc2cnn(C)c2)nc1N. The molecule has 4 aromatic heterocycles. The average Bonchev–Trinajstić information content (AvgIpc) is 3.40. The normalized spacial score (nSPS) is 11.6. The number of pyridine rings is 1. The number of nitrogens with zero attached hydrogens (tertiary/aromatic N) is 7. The minimum absolute atomic E-state index is 0.0651. The summed E-state index contributed by atoms with van der Waals surface area (Å²) in [6, 6.07) is 1.83. The molecule has 35 heavy (non-hydrogen) atoms. The van der Waals surface area contributed by atoms with E-state index in [2.05, 4.69) is 49.2 Å². The van der Waals surface area contributed by atoms with Crippen LogP contribution < -0.4 is 15.8 Å². The molecule has 0 fully saturated rings. The first-order valence-corrected chi connectivity index (χ1v) is 11.3. The van der Waals surface area contributed by atoms with Crippen LogP contribution in [0.5, 0.6) is 5.88 Å². The first-order chi connectivity index (χ1) is 16.8. The van der Waals surface area contributed by atoms with Gasteiger partial charge in [0.25, 0.3) is 0 Å². The van der Waals surface area contributed by atoms with Crippen LogP contribution in [0.1, 0.15) is 30.0 Å². The van der Waals surface area contributed by atoms with E-state index in [0.717, 1.165) is 22.4 Å². The van der Waals surface area contributed by atoms with Gasteiger partial charge in [0, 0.05) is 50.7 Å². The minimum atomic E-state index is 0.0651. The first kappa shape index (κ1) is 24.0. The van der Waals surface area contributed by atoms with Gasteiger partial charge in [0.15, 0.2) is 5.82 Å². The lowest BCUT2D eigenvalue weighted by molar-refractivity contribution is 0.280. The van der Waals surface area contributed by atoms with Crippen molar-refractivity contribution in [1.82, 2.24) is 34.5 Å². The number of aromatic nitrogens is 7. The standard InChI is InChI=1S/C24H26ClN9O/c1-15-10-28-23(32-22(15)26)19-13-30-34(4)24(19)35-8-7-16(2)31-20-9-21(25)27-12-18(20)6-5-17-11-29-33(3)14-17/h9-14,16H,7-8H2,1-4H3,(H,27,31)(H2,26,28,32)/t16-/m0/s1. The molecule has 0 bridgehead atoms. The zero-order chi connectivity index (χ0) is 24.9. The molecule has 0 saturated heterocycles. The zero-order valence-electron chi connectivity index (χ0n) is 19.9. The Hall–Kier alpha value is -4.10. The Morgan fingerprint density at radius 3 is 2.71 bits per heavy atom. The maximum Gasteiger partial charge on any atom is 0.222 e. The Kier molecular flexibility index (Phi) is 7.17. The fraction of sp³-hybridized carbons (Fsp3) is 0.292. The quantitative estimate of drug-likeness (QED) is 0.298. The largest absolute Gasteiger partial charge is 0.477 e. The van der Waals surface area contributed by atoms with E-state index >= 15 is 0 Å². The predicted octanol–water partition coefficient (Wildman–Crippen LogP) is 3.22. The molecule has 4 rings (SSSR count). The lowest BCUT2D eigenvalue weighted by Crippen LogP contribution is -2.19. The molecular formula is C24H26ClN9O. The van der Waals surface area contributed by atoms with Gasteiger partial charge in [-0.15, -0.1) is 0 Å². The molecule has 0 saturated carbocycles. The Morgan fingerprint density at radius 2 is 1.97 bits per heavy atom. The summed E-state index contributed by atoms with van der Waals surface area (Å²) in [5.41, 5.74) is 9.83. The number of ether oxygens (including phenoxy) is 1. The molecule has 3 N–H and O–H groups in total. The number of hydrogen-bond acceptors (Lipinski definition) is 8. The fourth-order valence-electron chi connectivity index (χ4n) is 3.28. The molecule has 10 nitrogen and oxygen atoms in total. The van der Waals surface area contributed by atoms with Crippen LogP contribution in [0.25, 0.3) is 11.4 Å². The summed E-state index contributed by atoms with van der Waals surface area (Å²) in [7, 11) is 3.66. The third-order valence-corrected chi connectivity index (χ3v) is 5.45. The Bertz CT molecular complexity index is 1400. The second-order valence-corrected chi connectivity index (χ2v) is 8.52. The average molecular weight is 492 g/mol. The van der Waals surface area contributed by atoms with Crippen molar-refractivity contribution in [3.05, 3.63) is 58.9 Å². The van der Waals surface area contributed by atoms with E-state index < -0.39 is 0 Å². The van der Waals surface area contributed by atoms with E-state index in [1.807, 2.05) is 27.2 Å². The monoisotopic (exact) mass is 491 g/mol. The van der Waals surface area contributed by atoms with Crippen LogP contribution in [0, 0.1) is 18.8 Å². The molecule has 0 aliphatic rings. The van der Waals surface area contributed by atoms with Crippen molar-refractivity contribution in [3.8, 4) is 29.1 Å². The molecule has 1 atom stereocenters. The molecule has 0 aliphatic carbocycles. The number of aryl methyl sites for hydroxylation is 3. The van der Waals surface area contributed by atoms with E-state index in [4.69, 9.17) is 22.1 Å². The Labute approximate surface area is 208 Å². The first-order valence-electron chi connectivity index (χ1n) is 11.0. The fourth-order valence-corrected chi connectivity index (χ4v) is 3.44. The number of nitrogen functional groups attached to an aromatic ring is 1. The molecule has 0 aromatic carbocycles. The highest BCUT2D eigenvalue weighted by atomic mass is 35.5. The molecule has 4 heterocycles. The third kappa shape index (κ3) is 5.88. The van der Waals surface area contributed by atoms with Crippen molar-refractivity contribution in [2.24, 2.45) is 14.1 Å². The zero-order valence-corrected chi connectivity index (χ0v) is 20.7. The predicted molar refractivity (Wildman–Crippen MR) is 135 cm³/mol. The molecule has 0 spiro atoms. The van der Waals surface area contributed by atoms with Gasteiger partial charge in [0.1, 0.15) is 16.5 Å². The van der Waals surface area contributed by atoms with Crippen LogP contribution in [0.3, 0.4) is 0 Å². The van der Waals surface area contributed by atoms with Gasteiger partial charge in [-0.05, 0) is 19.9 Å². The highest BCUT2D eigenvalue weighted by Crippen LogP contribution is 2.28. The molecule has 180 valence electrons. The molecular weight excluding hydrogens is 466 g/mol. The van der Waals surface area contributed by atoms with Crippen LogP contribution in [0.15, 0.2) is 37.1 Å². The lowest BCUT2D eigenvalue weighted by Gasteiger charge is -2.17. The van der Waals surface area contributed by atoms with Crippen molar-refractivity contribution in [2.45, 2.75) is 26.3 Å². The molecule has 4 aromatic rings. The van der Waals surface area contributed by atoms with E-state index in [0.29, 0.717) is 41.3 Å². The summed E-state index contributed by atoms with van der Waals surface area (Å²) in [4.78, 5) is 12.9. The number of nitrogens with one attached hydrogen (secondary N) is 1. The maximum absolute atomic E-state index is 6.14. The van der Waals surface area contributed by atoms with Gasteiger partial charge >= 0.3 is 0 Å². The number of halogens is 1. The van der Waals surface area contributed by atoms with Crippen molar-refractivity contribution in [2.75, 3.05) is 17.7 Å². The molecule has 0 amide bonds. The highest BCUT2D eigenvalue weighted by molar-refractivity contribution is 6.29. The summed E-state index contributed by atoms with van der Waals surface area (Å²) in [5, 5.41) is 12.3. The van der Waals surface area contributed by atoms with Gasteiger partial charge in [-0.3, -0.25) is 4.68 Å². The summed E-state index contributed by atoms with van der Waals surface area (Å²) >= 11 is 6.14. The second-order valence-electron chi connectivity index (χ2n) is 8.14.